The van der Waals surface area contributed by atoms with Crippen LogP contribution in [-0.4, -0.2) is 20.6 Å². The number of hydrogen-bond acceptors (Lipinski definition) is 5. The number of benzene rings is 2. The molecule has 0 fully saturated rings. The molecule has 0 aliphatic heterocycles. The van der Waals surface area contributed by atoms with E-state index in [-0.39, 0.29) is 28.0 Å². The first-order valence-electron chi connectivity index (χ1n) is 9.30. The Bertz CT molecular complexity index is 1420. The lowest BCUT2D eigenvalue weighted by Gasteiger charge is -2.13. The zero-order valence-electron chi connectivity index (χ0n) is 16.5. The number of nitrogens with one attached hydrogen (secondary N) is 2. The number of fused-ring (bicyclic) bond motifs is 1. The average molecular weight is 458 g/mol. The van der Waals surface area contributed by atoms with E-state index in [2.05, 4.69) is 20.6 Å². The first kappa shape index (κ1) is 21.7. The molecule has 0 atom stereocenters. The number of nitrogens with zero attached hydrogens (tertiary/aromatic N) is 3. The zero-order chi connectivity index (χ0) is 23.8. The van der Waals surface area contributed by atoms with Crippen molar-refractivity contribution in [3.8, 4) is 5.69 Å². The van der Waals surface area contributed by atoms with E-state index < -0.39 is 29.3 Å². The second-order valence-corrected chi connectivity index (χ2v) is 6.83. The van der Waals surface area contributed by atoms with E-state index in [4.69, 9.17) is 5.73 Å². The van der Waals surface area contributed by atoms with Crippen molar-refractivity contribution in [3.63, 3.8) is 0 Å². The maximum absolute atomic E-state index is 13.8. The molecule has 4 N–H and O–H groups in total. The van der Waals surface area contributed by atoms with Gasteiger partial charge in [0, 0.05) is 23.6 Å². The number of nitrogen functional groups attached to an aromatic ring is 1. The third-order valence-electron chi connectivity index (χ3n) is 4.65. The second-order valence-electron chi connectivity index (χ2n) is 6.83. The summed E-state index contributed by atoms with van der Waals surface area (Å²) in [6, 6.07) is 8.30. The Kier molecular flexibility index (Phi) is 5.42. The molecule has 0 spiro atoms. The fourth-order valence-electron chi connectivity index (χ4n) is 3.10. The average Bonchev–Trinajstić information content (AvgIpc) is 2.75. The topological polar surface area (TPSA) is 115 Å². The number of anilines is 3. The molecular formula is C21H14F4N6O2. The molecule has 33 heavy (non-hydrogen) atoms. The lowest BCUT2D eigenvalue weighted by atomic mass is 10.2. The molecule has 0 radical (unpaired) electrons. The molecule has 0 aliphatic rings. The number of hydrogen-bond donors (Lipinski definition) is 3. The highest BCUT2D eigenvalue weighted by Gasteiger charge is 2.31. The molecule has 0 unspecified atom stereocenters. The monoisotopic (exact) mass is 458 g/mol. The van der Waals surface area contributed by atoms with Crippen LogP contribution in [0.2, 0.25) is 0 Å². The summed E-state index contributed by atoms with van der Waals surface area (Å²) < 4.78 is 53.9. The molecule has 0 aliphatic carbocycles. The third kappa shape index (κ3) is 4.44. The molecule has 4 rings (SSSR count). The van der Waals surface area contributed by atoms with E-state index in [1.54, 1.807) is 16.7 Å². The molecule has 4 aromatic rings. The molecular weight excluding hydrogens is 444 g/mol. The van der Waals surface area contributed by atoms with Crippen molar-refractivity contribution in [2.45, 2.75) is 6.18 Å². The molecule has 2 aromatic heterocycles. The second kappa shape index (κ2) is 8.22. The summed E-state index contributed by atoms with van der Waals surface area (Å²) in [5, 5.41) is 4.62. The number of amides is 2. The molecule has 2 amide bonds. The van der Waals surface area contributed by atoms with Crippen molar-refractivity contribution in [3.05, 3.63) is 82.7 Å². The van der Waals surface area contributed by atoms with Crippen LogP contribution < -0.4 is 21.8 Å². The number of alkyl halides is 3. The van der Waals surface area contributed by atoms with E-state index in [0.717, 1.165) is 0 Å². The highest BCUT2D eigenvalue weighted by molar-refractivity contribution is 6.00. The number of carbonyl (C=O) groups excluding carboxylic acids is 1. The maximum atomic E-state index is 13.8. The Balaban J connectivity index is 1.54. The molecule has 8 nitrogen and oxygen atoms in total. The first-order valence-corrected chi connectivity index (χ1v) is 9.30. The van der Waals surface area contributed by atoms with Crippen LogP contribution in [0.4, 0.5) is 39.5 Å². The van der Waals surface area contributed by atoms with Gasteiger partial charge in [-0.2, -0.15) is 13.2 Å². The van der Waals surface area contributed by atoms with Gasteiger partial charge in [0.15, 0.2) is 11.1 Å². The Morgan fingerprint density at radius 1 is 1.00 bits per heavy atom. The van der Waals surface area contributed by atoms with Gasteiger partial charge in [-0.1, -0.05) is 0 Å². The highest BCUT2D eigenvalue weighted by Crippen LogP contribution is 2.31. The quantitative estimate of drug-likeness (QED) is 0.399. The summed E-state index contributed by atoms with van der Waals surface area (Å²) in [6.07, 6.45) is -1.96. The maximum Gasteiger partial charge on any atom is 0.416 e. The van der Waals surface area contributed by atoms with Crippen LogP contribution in [0.1, 0.15) is 5.56 Å². The normalized spacial score (nSPS) is 11.4. The smallest absolute Gasteiger partial charge is 0.383 e. The van der Waals surface area contributed by atoms with E-state index in [1.165, 1.54) is 30.7 Å². The van der Waals surface area contributed by atoms with Crippen molar-refractivity contribution in [1.82, 2.24) is 14.5 Å². The van der Waals surface area contributed by atoms with Gasteiger partial charge >= 0.3 is 12.2 Å². The van der Waals surface area contributed by atoms with Gasteiger partial charge in [-0.15, -0.1) is 0 Å². The SMILES string of the molecule is Nc1ncnc2c1c(=O)ccn2-c1ccc(NC(=O)Nc2cc(C(F)(F)F)ccc2F)cc1. The van der Waals surface area contributed by atoms with Crippen LogP contribution in [0, 0.1) is 5.82 Å². The summed E-state index contributed by atoms with van der Waals surface area (Å²) in [4.78, 5) is 32.2. The highest BCUT2D eigenvalue weighted by atomic mass is 19.4. The van der Waals surface area contributed by atoms with Crippen LogP contribution in [0.3, 0.4) is 0 Å². The minimum Gasteiger partial charge on any atom is -0.383 e. The lowest BCUT2D eigenvalue weighted by molar-refractivity contribution is -0.137. The van der Waals surface area contributed by atoms with Gasteiger partial charge < -0.3 is 20.9 Å². The minimum atomic E-state index is -4.68. The minimum absolute atomic E-state index is 0.0381. The number of aromatic nitrogens is 3. The van der Waals surface area contributed by atoms with Gasteiger partial charge in [0.05, 0.1) is 11.3 Å². The Labute approximate surface area is 182 Å². The van der Waals surface area contributed by atoms with Gasteiger partial charge in [0.1, 0.15) is 23.3 Å². The summed E-state index contributed by atoms with van der Waals surface area (Å²) in [7, 11) is 0. The predicted molar refractivity (Wildman–Crippen MR) is 114 cm³/mol. The Hall–Kier alpha value is -4.48. The fraction of sp³-hybridized carbons (Fsp3) is 0.0476. The first-order chi connectivity index (χ1) is 15.6. The fourth-order valence-corrected chi connectivity index (χ4v) is 3.10. The van der Waals surface area contributed by atoms with Crippen LogP contribution in [0.5, 0.6) is 0 Å². The number of pyridine rings is 1. The molecule has 168 valence electrons. The molecule has 0 saturated heterocycles. The van der Waals surface area contributed by atoms with Gasteiger partial charge in [-0.3, -0.25) is 4.79 Å². The van der Waals surface area contributed by atoms with E-state index >= 15 is 0 Å². The van der Waals surface area contributed by atoms with Gasteiger partial charge in [-0.25, -0.2) is 19.2 Å². The summed E-state index contributed by atoms with van der Waals surface area (Å²) in [5.74, 6) is -0.976. The standard InChI is InChI=1S/C21H14F4N6O2/c22-14-6-1-11(21(23,24)25)9-15(14)30-20(33)29-12-2-4-13(5-3-12)31-8-7-16(32)17-18(26)27-10-28-19(17)31/h1-10H,(H2,26,27,28)(H2,29,30,33). The van der Waals surface area contributed by atoms with E-state index in [9.17, 15) is 27.2 Å². The number of nitrogens with two attached hydrogens (primary N) is 1. The third-order valence-corrected chi connectivity index (χ3v) is 4.65. The molecule has 2 heterocycles. The number of carbonyl (C=O) groups is 1. The van der Waals surface area contributed by atoms with Crippen molar-refractivity contribution in [2.24, 2.45) is 0 Å². The molecule has 12 heteroatoms. The van der Waals surface area contributed by atoms with E-state index in [0.29, 0.717) is 23.9 Å². The van der Waals surface area contributed by atoms with Gasteiger partial charge in [0.2, 0.25) is 0 Å². The number of rotatable bonds is 3. The Morgan fingerprint density at radius 3 is 2.42 bits per heavy atom. The predicted octanol–water partition coefficient (Wildman–Crippen LogP) is 4.16. The Morgan fingerprint density at radius 2 is 1.73 bits per heavy atom. The number of halogens is 4. The van der Waals surface area contributed by atoms with Gasteiger partial charge in [0.25, 0.3) is 0 Å². The zero-order valence-corrected chi connectivity index (χ0v) is 16.5. The summed E-state index contributed by atoms with van der Waals surface area (Å²) in [6.45, 7) is 0. The molecule has 2 aromatic carbocycles. The van der Waals surface area contributed by atoms with Gasteiger partial charge in [-0.05, 0) is 42.5 Å². The van der Waals surface area contributed by atoms with E-state index in [1.807, 2.05) is 0 Å². The van der Waals surface area contributed by atoms with Crippen LogP contribution in [0.25, 0.3) is 16.7 Å². The number of urea groups is 1. The molecule has 0 saturated carbocycles. The van der Waals surface area contributed by atoms with Crippen molar-refractivity contribution in [1.29, 1.82) is 0 Å². The van der Waals surface area contributed by atoms with Crippen LogP contribution in [0.15, 0.2) is 65.8 Å². The summed E-state index contributed by atoms with van der Waals surface area (Å²) >= 11 is 0. The van der Waals surface area contributed by atoms with Crippen molar-refractivity contribution < 1.29 is 22.4 Å². The van der Waals surface area contributed by atoms with Crippen LogP contribution >= 0.6 is 0 Å². The van der Waals surface area contributed by atoms with Crippen LogP contribution in [-0.2, 0) is 6.18 Å². The summed E-state index contributed by atoms with van der Waals surface area (Å²) in [5.41, 5.74) is 4.88. The van der Waals surface area contributed by atoms with Crippen molar-refractivity contribution >= 4 is 34.3 Å². The van der Waals surface area contributed by atoms with Crippen molar-refractivity contribution in [2.75, 3.05) is 16.4 Å². The lowest BCUT2D eigenvalue weighted by Crippen LogP contribution is -2.20. The molecule has 0 bridgehead atoms. The largest absolute Gasteiger partial charge is 0.416 e.